The van der Waals surface area contributed by atoms with Gasteiger partial charge in [0.05, 0.1) is 6.61 Å². The van der Waals surface area contributed by atoms with E-state index in [-0.39, 0.29) is 6.04 Å². The molecule has 1 rings (SSSR count). The Bertz CT molecular complexity index is 320. The van der Waals surface area contributed by atoms with Crippen LogP contribution in [0.25, 0.3) is 0 Å². The van der Waals surface area contributed by atoms with E-state index in [9.17, 15) is 0 Å². The Labute approximate surface area is 105 Å². The fourth-order valence-electron chi connectivity index (χ4n) is 2.12. The third-order valence-electron chi connectivity index (χ3n) is 3.34. The molecule has 1 aromatic carbocycles. The van der Waals surface area contributed by atoms with Gasteiger partial charge in [-0.25, -0.2) is 0 Å². The van der Waals surface area contributed by atoms with Crippen molar-refractivity contribution in [1.29, 1.82) is 0 Å². The topological polar surface area (TPSA) is 35.2 Å². The van der Waals surface area contributed by atoms with Crippen LogP contribution < -0.4 is 10.5 Å². The number of rotatable bonds is 7. The number of ether oxygens (including phenoxy) is 1. The van der Waals surface area contributed by atoms with Gasteiger partial charge in [-0.15, -0.1) is 0 Å². The van der Waals surface area contributed by atoms with E-state index >= 15 is 0 Å². The highest BCUT2D eigenvalue weighted by Gasteiger charge is 2.12. The van der Waals surface area contributed by atoms with Crippen molar-refractivity contribution < 1.29 is 4.74 Å². The Balaban J connectivity index is 2.67. The van der Waals surface area contributed by atoms with E-state index < -0.39 is 0 Å². The summed E-state index contributed by atoms with van der Waals surface area (Å²) in [6, 6.07) is 8.29. The quantitative estimate of drug-likeness (QED) is 0.777. The van der Waals surface area contributed by atoms with Gasteiger partial charge in [-0.05, 0) is 37.0 Å². The summed E-state index contributed by atoms with van der Waals surface area (Å²) in [4.78, 5) is 0. The van der Waals surface area contributed by atoms with Gasteiger partial charge < -0.3 is 10.5 Å². The summed E-state index contributed by atoms with van der Waals surface area (Å²) < 4.78 is 5.50. The molecular formula is C15H25NO. The maximum absolute atomic E-state index is 6.26. The van der Waals surface area contributed by atoms with E-state index in [1.165, 1.54) is 18.4 Å². The third kappa shape index (κ3) is 4.39. The van der Waals surface area contributed by atoms with Crippen molar-refractivity contribution in [3.05, 3.63) is 29.8 Å². The van der Waals surface area contributed by atoms with Crippen molar-refractivity contribution >= 4 is 0 Å². The van der Waals surface area contributed by atoms with Crippen molar-refractivity contribution in [2.45, 2.75) is 46.1 Å². The Morgan fingerprint density at radius 1 is 1.18 bits per heavy atom. The maximum atomic E-state index is 6.26. The summed E-state index contributed by atoms with van der Waals surface area (Å²) in [6.45, 7) is 7.16. The predicted molar refractivity (Wildman–Crippen MR) is 73.2 cm³/mol. The molecule has 96 valence electrons. The van der Waals surface area contributed by atoms with E-state index in [1.54, 1.807) is 0 Å². The Hall–Kier alpha value is -1.02. The van der Waals surface area contributed by atoms with Gasteiger partial charge in [-0.2, -0.15) is 0 Å². The van der Waals surface area contributed by atoms with Crippen LogP contribution in [0.5, 0.6) is 5.75 Å². The van der Waals surface area contributed by atoms with Crippen molar-refractivity contribution in [2.24, 2.45) is 11.7 Å². The SMILES string of the molecule is CCOc1cccc(C(N)CC(CC)CC)c1. The smallest absolute Gasteiger partial charge is 0.119 e. The zero-order valence-corrected chi connectivity index (χ0v) is 11.3. The van der Waals surface area contributed by atoms with Gasteiger partial charge in [0.15, 0.2) is 0 Å². The molecule has 0 radical (unpaired) electrons. The van der Waals surface area contributed by atoms with Gasteiger partial charge >= 0.3 is 0 Å². The lowest BCUT2D eigenvalue weighted by Crippen LogP contribution is -2.15. The summed E-state index contributed by atoms with van der Waals surface area (Å²) in [5.74, 6) is 1.64. The van der Waals surface area contributed by atoms with E-state index in [0.29, 0.717) is 6.61 Å². The molecule has 0 aliphatic heterocycles. The molecule has 1 unspecified atom stereocenters. The summed E-state index contributed by atoms with van der Waals surface area (Å²) in [5.41, 5.74) is 7.44. The van der Waals surface area contributed by atoms with Gasteiger partial charge in [0.25, 0.3) is 0 Å². The summed E-state index contributed by atoms with van der Waals surface area (Å²) in [6.07, 6.45) is 3.47. The average molecular weight is 235 g/mol. The second-order valence-corrected chi connectivity index (χ2v) is 4.53. The molecule has 0 saturated carbocycles. The van der Waals surface area contributed by atoms with E-state index in [1.807, 2.05) is 19.1 Å². The molecule has 1 aromatic rings. The largest absolute Gasteiger partial charge is 0.494 e. The Morgan fingerprint density at radius 2 is 1.88 bits per heavy atom. The van der Waals surface area contributed by atoms with Crippen LogP contribution >= 0.6 is 0 Å². The van der Waals surface area contributed by atoms with Crippen LogP contribution in [0, 0.1) is 5.92 Å². The lowest BCUT2D eigenvalue weighted by molar-refractivity contribution is 0.339. The lowest BCUT2D eigenvalue weighted by atomic mass is 9.91. The first-order valence-corrected chi connectivity index (χ1v) is 6.69. The molecule has 17 heavy (non-hydrogen) atoms. The fourth-order valence-corrected chi connectivity index (χ4v) is 2.12. The number of nitrogens with two attached hydrogens (primary N) is 1. The molecule has 0 amide bonds. The second-order valence-electron chi connectivity index (χ2n) is 4.53. The normalized spacial score (nSPS) is 12.8. The minimum absolute atomic E-state index is 0.125. The molecule has 0 aliphatic rings. The Kier molecular flexibility index (Phi) is 6.06. The van der Waals surface area contributed by atoms with Gasteiger partial charge in [-0.1, -0.05) is 38.8 Å². The van der Waals surface area contributed by atoms with Crippen molar-refractivity contribution in [3.63, 3.8) is 0 Å². The first-order chi connectivity index (χ1) is 8.21. The van der Waals surface area contributed by atoms with Crippen LogP contribution in [0.1, 0.15) is 51.6 Å². The van der Waals surface area contributed by atoms with Crippen LogP contribution in [0.15, 0.2) is 24.3 Å². The standard InChI is InChI=1S/C15H25NO/c1-4-12(5-2)10-15(16)13-8-7-9-14(11-13)17-6-3/h7-9,11-12,15H,4-6,10,16H2,1-3H3. The number of benzene rings is 1. The van der Waals surface area contributed by atoms with Gasteiger partial charge in [-0.3, -0.25) is 0 Å². The zero-order chi connectivity index (χ0) is 12.7. The maximum Gasteiger partial charge on any atom is 0.119 e. The molecule has 0 aliphatic carbocycles. The minimum atomic E-state index is 0.125. The first-order valence-electron chi connectivity index (χ1n) is 6.69. The molecule has 0 bridgehead atoms. The molecule has 0 aromatic heterocycles. The molecule has 0 fully saturated rings. The first kappa shape index (κ1) is 14.0. The summed E-state index contributed by atoms with van der Waals surface area (Å²) >= 11 is 0. The van der Waals surface area contributed by atoms with Crippen molar-refractivity contribution in [3.8, 4) is 5.75 Å². The monoisotopic (exact) mass is 235 g/mol. The molecule has 2 N–H and O–H groups in total. The van der Waals surface area contributed by atoms with Crippen LogP contribution in [0.3, 0.4) is 0 Å². The fraction of sp³-hybridized carbons (Fsp3) is 0.600. The Morgan fingerprint density at radius 3 is 2.47 bits per heavy atom. The molecule has 0 heterocycles. The van der Waals surface area contributed by atoms with Gasteiger partial charge in [0.2, 0.25) is 0 Å². The van der Waals surface area contributed by atoms with E-state index in [4.69, 9.17) is 10.5 Å². The van der Waals surface area contributed by atoms with Crippen LogP contribution in [0.2, 0.25) is 0 Å². The third-order valence-corrected chi connectivity index (χ3v) is 3.34. The summed E-state index contributed by atoms with van der Waals surface area (Å²) in [5, 5.41) is 0. The number of hydrogen-bond acceptors (Lipinski definition) is 2. The average Bonchev–Trinajstić information content (AvgIpc) is 2.36. The summed E-state index contributed by atoms with van der Waals surface area (Å²) in [7, 11) is 0. The molecule has 0 saturated heterocycles. The van der Waals surface area contributed by atoms with Gasteiger partial charge in [0, 0.05) is 6.04 Å². The van der Waals surface area contributed by atoms with Crippen LogP contribution in [0.4, 0.5) is 0 Å². The zero-order valence-electron chi connectivity index (χ0n) is 11.3. The van der Waals surface area contributed by atoms with E-state index in [0.717, 1.165) is 18.1 Å². The predicted octanol–water partition coefficient (Wildman–Crippen LogP) is 3.91. The second kappa shape index (κ2) is 7.33. The van der Waals surface area contributed by atoms with Crippen LogP contribution in [-0.4, -0.2) is 6.61 Å². The highest BCUT2D eigenvalue weighted by molar-refractivity contribution is 5.30. The van der Waals surface area contributed by atoms with Crippen LogP contribution in [-0.2, 0) is 0 Å². The van der Waals surface area contributed by atoms with Gasteiger partial charge in [0.1, 0.15) is 5.75 Å². The molecule has 2 heteroatoms. The molecule has 1 atom stereocenters. The molecule has 2 nitrogen and oxygen atoms in total. The molecule has 0 spiro atoms. The van der Waals surface area contributed by atoms with E-state index in [2.05, 4.69) is 26.0 Å². The molecular weight excluding hydrogens is 210 g/mol. The van der Waals surface area contributed by atoms with Crippen molar-refractivity contribution in [1.82, 2.24) is 0 Å². The number of hydrogen-bond donors (Lipinski definition) is 1. The minimum Gasteiger partial charge on any atom is -0.494 e. The highest BCUT2D eigenvalue weighted by Crippen LogP contribution is 2.25. The van der Waals surface area contributed by atoms with Crippen molar-refractivity contribution in [2.75, 3.05) is 6.61 Å². The lowest BCUT2D eigenvalue weighted by Gasteiger charge is -2.19. The highest BCUT2D eigenvalue weighted by atomic mass is 16.5.